The van der Waals surface area contributed by atoms with Crippen LogP contribution < -0.4 is 5.69 Å². The number of hydrogen-bond acceptors (Lipinski definition) is 5. The van der Waals surface area contributed by atoms with Gasteiger partial charge in [0.25, 0.3) is 0 Å². The van der Waals surface area contributed by atoms with Crippen molar-refractivity contribution in [1.82, 2.24) is 19.9 Å². The first-order valence-corrected chi connectivity index (χ1v) is 6.47. The fourth-order valence-electron chi connectivity index (χ4n) is 1.35. The first kappa shape index (κ1) is 10.8. The zero-order chi connectivity index (χ0) is 11.8. The first-order chi connectivity index (χ1) is 7.53. The Morgan fingerprint density at radius 2 is 2.25 bits per heavy atom. The van der Waals surface area contributed by atoms with E-state index in [-0.39, 0.29) is 16.6 Å². The van der Waals surface area contributed by atoms with Gasteiger partial charge in [-0.15, -0.1) is 0 Å². The lowest BCUT2D eigenvalue weighted by Gasteiger charge is -2.02. The summed E-state index contributed by atoms with van der Waals surface area (Å²) in [6.07, 6.45) is 1.98. The van der Waals surface area contributed by atoms with Crippen molar-refractivity contribution in [2.75, 3.05) is 5.75 Å². The van der Waals surface area contributed by atoms with Crippen molar-refractivity contribution in [1.29, 1.82) is 4.78 Å². The Kier molecular flexibility index (Phi) is 2.50. The second-order valence-corrected chi connectivity index (χ2v) is 5.50. The molecule has 0 radical (unpaired) electrons. The molecule has 0 aliphatic rings. The zero-order valence-electron chi connectivity index (χ0n) is 8.61. The molecule has 3 N–H and O–H groups in total. The Balaban J connectivity index is 2.59. The predicted molar refractivity (Wildman–Crippen MR) is 58.8 cm³/mol. The number of rotatable bonds is 3. The molecule has 2 aromatic heterocycles. The number of aromatic nitrogens is 4. The smallest absolute Gasteiger partial charge is 0.303 e. The number of hydrogen-bond donors (Lipinski definition) is 3. The van der Waals surface area contributed by atoms with E-state index in [1.807, 2.05) is 6.92 Å². The van der Waals surface area contributed by atoms with Crippen molar-refractivity contribution in [3.63, 3.8) is 0 Å². The van der Waals surface area contributed by atoms with Crippen LogP contribution in [0, 0.1) is 4.78 Å². The lowest BCUT2D eigenvalue weighted by Crippen LogP contribution is -2.08. The van der Waals surface area contributed by atoms with E-state index in [0.29, 0.717) is 11.9 Å². The summed E-state index contributed by atoms with van der Waals surface area (Å²) in [6.45, 7) is 1.84. The van der Waals surface area contributed by atoms with Crippen LogP contribution in [-0.2, 0) is 9.73 Å². The van der Waals surface area contributed by atoms with Gasteiger partial charge in [-0.25, -0.2) is 18.8 Å². The number of nitrogens with zero attached hydrogens (tertiary/aromatic N) is 2. The van der Waals surface area contributed by atoms with Gasteiger partial charge in [0, 0.05) is 5.75 Å². The minimum atomic E-state index is -2.95. The molecule has 0 aliphatic carbocycles. The fourth-order valence-corrected chi connectivity index (χ4v) is 2.57. The summed E-state index contributed by atoms with van der Waals surface area (Å²) < 4.78 is 19.5. The molecule has 0 bridgehead atoms. The standard InChI is InChI=1S/C8H11N5O2S/c1-2-3-16(9,15)8-10-4-5-6(13-8)12-7(14)11-5/h4,9H,2-3H2,1H3,(H2,10,11,12,13,14). The maximum absolute atomic E-state index is 11.9. The van der Waals surface area contributed by atoms with Crippen molar-refractivity contribution in [2.45, 2.75) is 18.5 Å². The molecular formula is C8H11N5O2S. The van der Waals surface area contributed by atoms with Gasteiger partial charge in [-0.1, -0.05) is 6.92 Å². The van der Waals surface area contributed by atoms with Gasteiger partial charge in [0.05, 0.1) is 6.20 Å². The van der Waals surface area contributed by atoms with E-state index in [1.54, 1.807) is 0 Å². The highest BCUT2D eigenvalue weighted by Crippen LogP contribution is 2.10. The summed E-state index contributed by atoms with van der Waals surface area (Å²) in [4.78, 5) is 23.7. The Morgan fingerprint density at radius 3 is 2.94 bits per heavy atom. The number of H-pyrrole nitrogens is 2. The van der Waals surface area contributed by atoms with Gasteiger partial charge in [-0.3, -0.25) is 4.98 Å². The molecule has 0 aromatic carbocycles. The van der Waals surface area contributed by atoms with Crippen LogP contribution in [0.2, 0.25) is 0 Å². The number of nitrogens with one attached hydrogen (secondary N) is 3. The van der Waals surface area contributed by atoms with E-state index in [0.717, 1.165) is 0 Å². The lowest BCUT2D eigenvalue weighted by molar-refractivity contribution is 0.665. The molecule has 0 saturated carbocycles. The highest BCUT2D eigenvalue weighted by Gasteiger charge is 2.13. The molecule has 1 atom stereocenters. The molecular weight excluding hydrogens is 230 g/mol. The number of fused-ring (bicyclic) bond motifs is 1. The molecule has 1 unspecified atom stereocenters. The van der Waals surface area contributed by atoms with Crippen LogP contribution in [0.4, 0.5) is 0 Å². The van der Waals surface area contributed by atoms with Crippen molar-refractivity contribution < 1.29 is 4.21 Å². The molecule has 7 nitrogen and oxygen atoms in total. The molecule has 0 aliphatic heterocycles. The molecule has 16 heavy (non-hydrogen) atoms. The molecule has 0 amide bonds. The quantitative estimate of drug-likeness (QED) is 0.677. The van der Waals surface area contributed by atoms with Gasteiger partial charge >= 0.3 is 5.69 Å². The maximum atomic E-state index is 11.9. The lowest BCUT2D eigenvalue weighted by atomic mass is 10.6. The summed E-state index contributed by atoms with van der Waals surface area (Å²) in [5, 5.41) is -0.0305. The molecule has 8 heteroatoms. The highest BCUT2D eigenvalue weighted by atomic mass is 32.2. The van der Waals surface area contributed by atoms with Crippen LogP contribution >= 0.6 is 0 Å². The molecule has 2 aromatic rings. The minimum absolute atomic E-state index is 0.0305. The summed E-state index contributed by atoms with van der Waals surface area (Å²) >= 11 is 0. The van der Waals surface area contributed by atoms with Gasteiger partial charge < -0.3 is 4.98 Å². The van der Waals surface area contributed by atoms with Crippen molar-refractivity contribution in [3.05, 3.63) is 16.7 Å². The normalized spacial score (nSPS) is 15.1. The second kappa shape index (κ2) is 3.71. The van der Waals surface area contributed by atoms with Crippen LogP contribution in [0.5, 0.6) is 0 Å². The molecule has 86 valence electrons. The summed E-state index contributed by atoms with van der Waals surface area (Å²) in [5.41, 5.74) is 0.333. The van der Waals surface area contributed by atoms with E-state index in [9.17, 15) is 9.00 Å². The van der Waals surface area contributed by atoms with E-state index < -0.39 is 15.4 Å². The monoisotopic (exact) mass is 241 g/mol. The maximum Gasteiger partial charge on any atom is 0.325 e. The average Bonchev–Trinajstić information content (AvgIpc) is 2.56. The number of imidazole rings is 1. The Hall–Kier alpha value is -1.70. The molecule has 0 saturated heterocycles. The van der Waals surface area contributed by atoms with Gasteiger partial charge in [0.15, 0.2) is 5.65 Å². The van der Waals surface area contributed by atoms with Gasteiger partial charge in [0.2, 0.25) is 5.16 Å². The highest BCUT2D eigenvalue weighted by molar-refractivity contribution is 7.92. The van der Waals surface area contributed by atoms with E-state index in [1.165, 1.54) is 6.20 Å². The van der Waals surface area contributed by atoms with E-state index >= 15 is 0 Å². The van der Waals surface area contributed by atoms with Crippen LogP contribution in [0.3, 0.4) is 0 Å². The third-order valence-corrected chi connectivity index (χ3v) is 3.80. The molecule has 2 rings (SSSR count). The molecule has 0 spiro atoms. The Morgan fingerprint density at radius 1 is 1.50 bits per heavy atom. The fraction of sp³-hybridized carbons (Fsp3) is 0.375. The third-order valence-electron chi connectivity index (χ3n) is 2.03. The van der Waals surface area contributed by atoms with Crippen LogP contribution in [0.25, 0.3) is 11.2 Å². The summed E-state index contributed by atoms with van der Waals surface area (Å²) in [5.74, 6) is 0.215. The third kappa shape index (κ3) is 1.83. The first-order valence-electron chi connectivity index (χ1n) is 4.74. The number of aromatic amines is 2. The SMILES string of the molecule is CCCS(=N)(=O)c1ncc2[nH]c(=O)[nH]c2n1. The van der Waals surface area contributed by atoms with Gasteiger partial charge in [-0.2, -0.15) is 4.98 Å². The predicted octanol–water partition coefficient (Wildman–Crippen LogP) is 0.462. The average molecular weight is 241 g/mol. The second-order valence-electron chi connectivity index (χ2n) is 3.37. The Labute approximate surface area is 91.3 Å². The van der Waals surface area contributed by atoms with E-state index in [4.69, 9.17) is 4.78 Å². The molecule has 0 fully saturated rings. The van der Waals surface area contributed by atoms with Gasteiger partial charge in [-0.05, 0) is 6.42 Å². The van der Waals surface area contributed by atoms with Crippen molar-refractivity contribution in [3.8, 4) is 0 Å². The molecule has 2 heterocycles. The minimum Gasteiger partial charge on any atom is -0.303 e. The van der Waals surface area contributed by atoms with Crippen LogP contribution in [0.15, 0.2) is 16.1 Å². The summed E-state index contributed by atoms with van der Waals surface area (Å²) in [7, 11) is -2.95. The largest absolute Gasteiger partial charge is 0.325 e. The van der Waals surface area contributed by atoms with Crippen LogP contribution in [0.1, 0.15) is 13.3 Å². The summed E-state index contributed by atoms with van der Waals surface area (Å²) in [6, 6.07) is 0. The van der Waals surface area contributed by atoms with Crippen molar-refractivity contribution in [2.24, 2.45) is 0 Å². The zero-order valence-corrected chi connectivity index (χ0v) is 9.43. The van der Waals surface area contributed by atoms with Gasteiger partial charge in [0.1, 0.15) is 15.2 Å². The topological polar surface area (TPSA) is 115 Å². The van der Waals surface area contributed by atoms with Crippen LogP contribution in [-0.4, -0.2) is 29.9 Å². The van der Waals surface area contributed by atoms with E-state index in [2.05, 4.69) is 19.9 Å². The van der Waals surface area contributed by atoms with Crippen molar-refractivity contribution >= 4 is 20.9 Å². The Bertz CT molecular complexity index is 669.